The summed E-state index contributed by atoms with van der Waals surface area (Å²) >= 11 is 0. The smallest absolute Gasteiger partial charge is 0.303 e. The Balaban J connectivity index is 3.99. The van der Waals surface area contributed by atoms with Crippen LogP contribution in [0.2, 0.25) is 0 Å². The van der Waals surface area contributed by atoms with Crippen LogP contribution in [0.5, 0.6) is 0 Å². The van der Waals surface area contributed by atoms with Gasteiger partial charge in [-0.2, -0.15) is 0 Å². The lowest BCUT2D eigenvalue weighted by Gasteiger charge is -2.14. The van der Waals surface area contributed by atoms with Gasteiger partial charge in [-0.05, 0) is 13.3 Å². The topological polar surface area (TPSA) is 136 Å². The predicted molar refractivity (Wildman–Crippen MR) is 51.6 cm³/mol. The van der Waals surface area contributed by atoms with E-state index >= 15 is 0 Å². The molecule has 6 N–H and O–H groups in total. The number of carbonyl (C=O) groups is 3. The van der Waals surface area contributed by atoms with E-state index in [1.807, 2.05) is 0 Å². The molecule has 0 aliphatic heterocycles. The average molecular weight is 217 g/mol. The van der Waals surface area contributed by atoms with Crippen LogP contribution in [0, 0.1) is 0 Å². The molecule has 0 bridgehead atoms. The Morgan fingerprint density at radius 3 is 2.33 bits per heavy atom. The van der Waals surface area contributed by atoms with Crippen molar-refractivity contribution in [1.82, 2.24) is 5.32 Å². The Morgan fingerprint density at radius 1 is 1.40 bits per heavy atom. The summed E-state index contributed by atoms with van der Waals surface area (Å²) in [7, 11) is 0. The molecular formula is C8H15N3O4. The fourth-order valence-corrected chi connectivity index (χ4v) is 0.802. The zero-order valence-electron chi connectivity index (χ0n) is 8.40. The zero-order chi connectivity index (χ0) is 12.0. The number of carboxylic acid groups (broad SMARTS) is 1. The Hall–Kier alpha value is -1.63. The van der Waals surface area contributed by atoms with Gasteiger partial charge >= 0.3 is 5.97 Å². The van der Waals surface area contributed by atoms with Crippen LogP contribution in [0.4, 0.5) is 0 Å². The van der Waals surface area contributed by atoms with Gasteiger partial charge in [-0.3, -0.25) is 14.4 Å². The third-order valence-corrected chi connectivity index (χ3v) is 1.79. The van der Waals surface area contributed by atoms with E-state index in [2.05, 4.69) is 5.32 Å². The van der Waals surface area contributed by atoms with Gasteiger partial charge in [-0.15, -0.1) is 0 Å². The van der Waals surface area contributed by atoms with Crippen LogP contribution < -0.4 is 16.8 Å². The Kier molecular flexibility index (Phi) is 5.32. The minimum atomic E-state index is -1.03. The van der Waals surface area contributed by atoms with Crippen molar-refractivity contribution in [1.29, 1.82) is 0 Å². The fourth-order valence-electron chi connectivity index (χ4n) is 0.802. The highest BCUT2D eigenvalue weighted by atomic mass is 16.4. The first kappa shape index (κ1) is 13.4. The third kappa shape index (κ3) is 5.63. The number of carboxylic acids is 1. The van der Waals surface area contributed by atoms with Gasteiger partial charge < -0.3 is 21.9 Å². The Morgan fingerprint density at radius 2 is 1.93 bits per heavy atom. The monoisotopic (exact) mass is 217 g/mol. The van der Waals surface area contributed by atoms with Gasteiger partial charge in [0.15, 0.2) is 0 Å². The molecule has 0 rings (SSSR count). The lowest BCUT2D eigenvalue weighted by atomic mass is 10.1. The molecule has 7 nitrogen and oxygen atoms in total. The second kappa shape index (κ2) is 5.97. The number of hydrogen-bond donors (Lipinski definition) is 4. The molecule has 86 valence electrons. The van der Waals surface area contributed by atoms with Crippen molar-refractivity contribution >= 4 is 17.8 Å². The molecule has 0 radical (unpaired) electrons. The fraction of sp³-hybridized carbons (Fsp3) is 0.625. The molecule has 15 heavy (non-hydrogen) atoms. The standard InChI is InChI=1S/C8H15N3O4/c1-4(7(10)14)11-8(15)5(9)2-3-6(12)13/h4-5H,2-3,9H2,1H3,(H2,10,14)(H,11,15)(H,12,13)/t4-,5-/m0/s1. The maximum absolute atomic E-state index is 11.2. The van der Waals surface area contributed by atoms with E-state index in [0.29, 0.717) is 0 Å². The summed E-state index contributed by atoms with van der Waals surface area (Å²) in [5, 5.41) is 10.6. The van der Waals surface area contributed by atoms with Gasteiger partial charge in [0.25, 0.3) is 0 Å². The molecule has 0 aromatic heterocycles. The van der Waals surface area contributed by atoms with E-state index in [1.165, 1.54) is 6.92 Å². The second-order valence-corrected chi connectivity index (χ2v) is 3.17. The average Bonchev–Trinajstić information content (AvgIpc) is 2.13. The minimum absolute atomic E-state index is 0.0205. The van der Waals surface area contributed by atoms with Crippen molar-refractivity contribution in [2.75, 3.05) is 0 Å². The lowest BCUT2D eigenvalue weighted by molar-refractivity contribution is -0.137. The van der Waals surface area contributed by atoms with Crippen LogP contribution in [0.25, 0.3) is 0 Å². The summed E-state index contributed by atoms with van der Waals surface area (Å²) in [6, 6.07) is -1.75. The van der Waals surface area contributed by atoms with E-state index in [4.69, 9.17) is 16.6 Å². The van der Waals surface area contributed by atoms with Crippen molar-refractivity contribution in [2.24, 2.45) is 11.5 Å². The normalized spacial score (nSPS) is 14.0. The van der Waals surface area contributed by atoms with Gasteiger partial charge in [0, 0.05) is 6.42 Å². The van der Waals surface area contributed by atoms with E-state index < -0.39 is 29.9 Å². The lowest BCUT2D eigenvalue weighted by Crippen LogP contribution is -2.49. The Labute approximate surface area is 86.8 Å². The van der Waals surface area contributed by atoms with Crippen molar-refractivity contribution < 1.29 is 19.5 Å². The molecule has 0 unspecified atom stereocenters. The number of nitrogens with one attached hydrogen (secondary N) is 1. The highest BCUT2D eigenvalue weighted by molar-refractivity contribution is 5.88. The van der Waals surface area contributed by atoms with E-state index in [9.17, 15) is 14.4 Å². The first-order valence-electron chi connectivity index (χ1n) is 4.41. The zero-order valence-corrected chi connectivity index (χ0v) is 8.40. The van der Waals surface area contributed by atoms with E-state index in [0.717, 1.165) is 0 Å². The molecule has 0 saturated heterocycles. The molecular weight excluding hydrogens is 202 g/mol. The molecule has 0 saturated carbocycles. The minimum Gasteiger partial charge on any atom is -0.481 e. The quantitative estimate of drug-likeness (QED) is 0.415. The SMILES string of the molecule is C[C@H](NC(=O)[C@@H](N)CCC(=O)O)C(N)=O. The van der Waals surface area contributed by atoms with Gasteiger partial charge in [-0.25, -0.2) is 0 Å². The maximum atomic E-state index is 11.2. The van der Waals surface area contributed by atoms with Gasteiger partial charge in [0.1, 0.15) is 6.04 Å². The molecule has 0 fully saturated rings. The van der Waals surface area contributed by atoms with Crippen LogP contribution in [-0.2, 0) is 14.4 Å². The van der Waals surface area contributed by atoms with Crippen LogP contribution in [0.15, 0.2) is 0 Å². The summed E-state index contributed by atoms with van der Waals surface area (Å²) in [5.74, 6) is -2.28. The maximum Gasteiger partial charge on any atom is 0.303 e. The first-order chi connectivity index (χ1) is 6.84. The summed E-state index contributed by atoms with van der Waals surface area (Å²) in [6.07, 6.45) is -0.174. The molecule has 0 aromatic rings. The van der Waals surface area contributed by atoms with Crippen molar-refractivity contribution in [2.45, 2.75) is 31.8 Å². The van der Waals surface area contributed by atoms with E-state index in [1.54, 1.807) is 0 Å². The second-order valence-electron chi connectivity index (χ2n) is 3.17. The first-order valence-corrected chi connectivity index (χ1v) is 4.41. The molecule has 0 aromatic carbocycles. The molecule has 7 heteroatoms. The number of amides is 2. The molecule has 0 aliphatic rings. The number of rotatable bonds is 6. The highest BCUT2D eigenvalue weighted by Crippen LogP contribution is 1.95. The largest absolute Gasteiger partial charge is 0.481 e. The van der Waals surface area contributed by atoms with Crippen LogP contribution in [0.1, 0.15) is 19.8 Å². The van der Waals surface area contributed by atoms with Gasteiger partial charge in [-0.1, -0.05) is 0 Å². The number of hydrogen-bond acceptors (Lipinski definition) is 4. The predicted octanol–water partition coefficient (Wildman–Crippen LogP) is -1.83. The highest BCUT2D eigenvalue weighted by Gasteiger charge is 2.18. The molecule has 2 amide bonds. The number of aliphatic carboxylic acids is 1. The van der Waals surface area contributed by atoms with Crippen molar-refractivity contribution in [3.8, 4) is 0 Å². The molecule has 0 aliphatic carbocycles. The Bertz CT molecular complexity index is 267. The molecule has 0 heterocycles. The molecule has 2 atom stereocenters. The van der Waals surface area contributed by atoms with Gasteiger partial charge in [0.05, 0.1) is 6.04 Å². The summed E-state index contributed by atoms with van der Waals surface area (Å²) in [5.41, 5.74) is 10.3. The summed E-state index contributed by atoms with van der Waals surface area (Å²) < 4.78 is 0. The number of primary amides is 1. The summed E-state index contributed by atoms with van der Waals surface area (Å²) in [4.78, 5) is 32.0. The van der Waals surface area contributed by atoms with Crippen molar-refractivity contribution in [3.63, 3.8) is 0 Å². The third-order valence-electron chi connectivity index (χ3n) is 1.79. The van der Waals surface area contributed by atoms with Crippen molar-refractivity contribution in [3.05, 3.63) is 0 Å². The van der Waals surface area contributed by atoms with Crippen LogP contribution >= 0.6 is 0 Å². The van der Waals surface area contributed by atoms with E-state index in [-0.39, 0.29) is 12.8 Å². The number of carbonyl (C=O) groups excluding carboxylic acids is 2. The number of nitrogens with two attached hydrogens (primary N) is 2. The van der Waals surface area contributed by atoms with Crippen LogP contribution in [0.3, 0.4) is 0 Å². The summed E-state index contributed by atoms with van der Waals surface area (Å²) in [6.45, 7) is 1.42. The van der Waals surface area contributed by atoms with Gasteiger partial charge in [0.2, 0.25) is 11.8 Å². The van der Waals surface area contributed by atoms with Crippen LogP contribution in [-0.4, -0.2) is 35.0 Å². The molecule has 0 spiro atoms.